The summed E-state index contributed by atoms with van der Waals surface area (Å²) >= 11 is 6.07. The van der Waals surface area contributed by atoms with Crippen LogP contribution in [0.1, 0.15) is 31.0 Å². The molecule has 0 bridgehead atoms. The number of amides is 1. The molecule has 2 atom stereocenters. The van der Waals surface area contributed by atoms with Gasteiger partial charge >= 0.3 is 0 Å². The maximum absolute atomic E-state index is 13.0. The molecule has 0 radical (unpaired) electrons. The number of nitrogens with zero attached hydrogens (tertiary/aromatic N) is 1. The lowest BCUT2D eigenvalue weighted by Gasteiger charge is -2.30. The van der Waals surface area contributed by atoms with E-state index in [1.807, 2.05) is 0 Å². The Bertz CT molecular complexity index is 1030. The van der Waals surface area contributed by atoms with Crippen molar-refractivity contribution in [1.29, 1.82) is 0 Å². The third-order valence-electron chi connectivity index (χ3n) is 4.76. The third kappa shape index (κ3) is 5.37. The van der Waals surface area contributed by atoms with Gasteiger partial charge in [0.1, 0.15) is 17.5 Å². The molecule has 1 N–H and O–H groups in total. The Morgan fingerprint density at radius 2 is 1.77 bits per heavy atom. The SMILES string of the molecule is COc1ccc(OC)c(C(C)NC(=O)C(C)N(c2cc(Cl)ccc2C)S(C)(=O)=O)c1. The number of sulfonamides is 1. The predicted octanol–water partition coefficient (Wildman–Crippen LogP) is 3.70. The molecule has 1 amide bonds. The second-order valence-electron chi connectivity index (χ2n) is 7.00. The Morgan fingerprint density at radius 3 is 2.33 bits per heavy atom. The van der Waals surface area contributed by atoms with Crippen molar-refractivity contribution >= 4 is 33.2 Å². The zero-order chi connectivity index (χ0) is 22.6. The maximum Gasteiger partial charge on any atom is 0.244 e. The van der Waals surface area contributed by atoms with E-state index in [0.29, 0.717) is 33.3 Å². The lowest BCUT2D eigenvalue weighted by Crippen LogP contribution is -2.48. The molecule has 0 aromatic heterocycles. The van der Waals surface area contributed by atoms with Gasteiger partial charge in [0.05, 0.1) is 32.2 Å². The number of anilines is 1. The smallest absolute Gasteiger partial charge is 0.244 e. The first-order chi connectivity index (χ1) is 14.0. The number of hydrogen-bond acceptors (Lipinski definition) is 5. The molecule has 2 unspecified atom stereocenters. The number of methoxy groups -OCH3 is 2. The predicted molar refractivity (Wildman–Crippen MR) is 119 cm³/mol. The normalized spacial score (nSPS) is 13.3. The number of carbonyl (C=O) groups is 1. The molecule has 7 nitrogen and oxygen atoms in total. The van der Waals surface area contributed by atoms with E-state index in [0.717, 1.165) is 10.6 Å². The fourth-order valence-electron chi connectivity index (χ4n) is 3.19. The molecule has 2 aromatic rings. The molecule has 0 aliphatic carbocycles. The van der Waals surface area contributed by atoms with E-state index < -0.39 is 28.0 Å². The highest BCUT2D eigenvalue weighted by molar-refractivity contribution is 7.92. The van der Waals surface area contributed by atoms with Gasteiger partial charge in [-0.25, -0.2) is 8.42 Å². The minimum atomic E-state index is -3.76. The molecule has 0 aliphatic rings. The van der Waals surface area contributed by atoms with Crippen molar-refractivity contribution < 1.29 is 22.7 Å². The number of halogens is 1. The molecule has 0 aliphatic heterocycles. The monoisotopic (exact) mass is 454 g/mol. The highest BCUT2D eigenvalue weighted by Gasteiger charge is 2.31. The van der Waals surface area contributed by atoms with E-state index in [1.165, 1.54) is 20.1 Å². The van der Waals surface area contributed by atoms with Gasteiger partial charge < -0.3 is 14.8 Å². The Kier molecular flexibility index (Phi) is 7.60. The minimum absolute atomic E-state index is 0.360. The van der Waals surface area contributed by atoms with Gasteiger partial charge in [-0.15, -0.1) is 0 Å². The Morgan fingerprint density at radius 1 is 1.10 bits per heavy atom. The van der Waals surface area contributed by atoms with Gasteiger partial charge in [-0.05, 0) is 56.7 Å². The van der Waals surface area contributed by atoms with E-state index in [9.17, 15) is 13.2 Å². The van der Waals surface area contributed by atoms with Gasteiger partial charge in [0, 0.05) is 10.6 Å². The van der Waals surface area contributed by atoms with Crippen LogP contribution in [0, 0.1) is 6.92 Å². The minimum Gasteiger partial charge on any atom is -0.497 e. The van der Waals surface area contributed by atoms with Crippen LogP contribution in [0.2, 0.25) is 5.02 Å². The summed E-state index contributed by atoms with van der Waals surface area (Å²) in [6.45, 7) is 5.09. The number of rotatable bonds is 8. The number of benzene rings is 2. The first kappa shape index (κ1) is 23.8. The highest BCUT2D eigenvalue weighted by Crippen LogP contribution is 2.31. The Labute approximate surface area is 183 Å². The lowest BCUT2D eigenvalue weighted by atomic mass is 10.1. The molecule has 30 heavy (non-hydrogen) atoms. The van der Waals surface area contributed by atoms with Crippen molar-refractivity contribution in [2.24, 2.45) is 0 Å². The van der Waals surface area contributed by atoms with Crippen molar-refractivity contribution in [3.63, 3.8) is 0 Å². The lowest BCUT2D eigenvalue weighted by molar-refractivity contribution is -0.122. The second-order valence-corrected chi connectivity index (χ2v) is 9.30. The summed E-state index contributed by atoms with van der Waals surface area (Å²) in [5, 5.41) is 3.25. The standard InChI is InChI=1S/C21H27ClN2O5S/c1-13-7-8-16(22)11-19(13)24(30(6,26)27)15(3)21(25)23-14(2)18-12-17(28-4)9-10-20(18)29-5/h7-12,14-15H,1-6H3,(H,23,25). The van der Waals surface area contributed by atoms with Crippen molar-refractivity contribution in [3.05, 3.63) is 52.5 Å². The summed E-state index contributed by atoms with van der Waals surface area (Å²) in [5.41, 5.74) is 1.76. The first-order valence-corrected chi connectivity index (χ1v) is 11.5. The third-order valence-corrected chi connectivity index (χ3v) is 6.22. The summed E-state index contributed by atoms with van der Waals surface area (Å²) in [6, 6.07) is 8.74. The summed E-state index contributed by atoms with van der Waals surface area (Å²) in [6.07, 6.45) is 1.06. The molecular formula is C21H27ClN2O5S. The van der Waals surface area contributed by atoms with Crippen LogP contribution in [-0.2, 0) is 14.8 Å². The van der Waals surface area contributed by atoms with Gasteiger partial charge in [0.25, 0.3) is 0 Å². The molecule has 0 heterocycles. The quantitative estimate of drug-likeness (QED) is 0.657. The number of ether oxygens (including phenoxy) is 2. The number of nitrogens with one attached hydrogen (secondary N) is 1. The molecule has 0 saturated heterocycles. The molecule has 0 fully saturated rings. The zero-order valence-electron chi connectivity index (χ0n) is 17.9. The average Bonchev–Trinajstić information content (AvgIpc) is 2.68. The van der Waals surface area contributed by atoms with Gasteiger partial charge in [-0.3, -0.25) is 9.10 Å². The van der Waals surface area contributed by atoms with Crippen molar-refractivity contribution in [2.75, 3.05) is 24.8 Å². The van der Waals surface area contributed by atoms with E-state index >= 15 is 0 Å². The van der Waals surface area contributed by atoms with Crippen LogP contribution in [0.25, 0.3) is 0 Å². The molecule has 164 valence electrons. The van der Waals surface area contributed by atoms with Crippen LogP contribution in [0.15, 0.2) is 36.4 Å². The van der Waals surface area contributed by atoms with Crippen LogP contribution < -0.4 is 19.1 Å². The van der Waals surface area contributed by atoms with Crippen LogP contribution in [0.4, 0.5) is 5.69 Å². The fourth-order valence-corrected chi connectivity index (χ4v) is 4.58. The van der Waals surface area contributed by atoms with E-state index in [2.05, 4.69) is 5.32 Å². The van der Waals surface area contributed by atoms with Crippen molar-refractivity contribution in [2.45, 2.75) is 32.9 Å². The first-order valence-electron chi connectivity index (χ1n) is 9.27. The van der Waals surface area contributed by atoms with Crippen LogP contribution in [-0.4, -0.2) is 40.8 Å². The van der Waals surface area contributed by atoms with E-state index in [1.54, 1.807) is 51.3 Å². The molecule has 2 aromatic carbocycles. The molecule has 0 saturated carbocycles. The molecule has 9 heteroatoms. The topological polar surface area (TPSA) is 84.9 Å². The number of aryl methyl sites for hydroxylation is 1. The zero-order valence-corrected chi connectivity index (χ0v) is 19.5. The maximum atomic E-state index is 13.0. The second kappa shape index (κ2) is 9.57. The van der Waals surface area contributed by atoms with E-state index in [4.69, 9.17) is 21.1 Å². The Hall–Kier alpha value is -2.45. The summed E-state index contributed by atoms with van der Waals surface area (Å²) in [7, 11) is -0.669. The highest BCUT2D eigenvalue weighted by atomic mass is 35.5. The largest absolute Gasteiger partial charge is 0.497 e. The van der Waals surface area contributed by atoms with Gasteiger partial charge in [-0.1, -0.05) is 17.7 Å². The van der Waals surface area contributed by atoms with Crippen LogP contribution >= 0.6 is 11.6 Å². The summed E-state index contributed by atoms with van der Waals surface area (Å²) in [5.74, 6) is 0.742. The number of hydrogen-bond donors (Lipinski definition) is 1. The number of carbonyl (C=O) groups excluding carboxylic acids is 1. The van der Waals surface area contributed by atoms with Crippen molar-refractivity contribution in [1.82, 2.24) is 5.32 Å². The molecular weight excluding hydrogens is 428 g/mol. The Balaban J connectivity index is 2.35. The molecule has 0 spiro atoms. The van der Waals surface area contributed by atoms with Gasteiger partial charge in [0.15, 0.2) is 0 Å². The fraction of sp³-hybridized carbons (Fsp3) is 0.381. The van der Waals surface area contributed by atoms with Gasteiger partial charge in [-0.2, -0.15) is 0 Å². The van der Waals surface area contributed by atoms with Crippen LogP contribution in [0.5, 0.6) is 11.5 Å². The van der Waals surface area contributed by atoms with Crippen LogP contribution in [0.3, 0.4) is 0 Å². The van der Waals surface area contributed by atoms with Gasteiger partial charge in [0.2, 0.25) is 15.9 Å². The van der Waals surface area contributed by atoms with E-state index in [-0.39, 0.29) is 0 Å². The summed E-state index contributed by atoms with van der Waals surface area (Å²) < 4.78 is 36.8. The summed E-state index contributed by atoms with van der Waals surface area (Å²) in [4.78, 5) is 13.0. The average molecular weight is 455 g/mol. The molecule has 2 rings (SSSR count). The van der Waals surface area contributed by atoms with Crippen molar-refractivity contribution in [3.8, 4) is 11.5 Å².